The van der Waals surface area contributed by atoms with Gasteiger partial charge in [0.25, 0.3) is 5.91 Å². The molecule has 86 valence electrons. The van der Waals surface area contributed by atoms with Crippen molar-refractivity contribution in [2.75, 3.05) is 0 Å². The average Bonchev–Trinajstić information content (AvgIpc) is 2.38. The van der Waals surface area contributed by atoms with Crippen LogP contribution in [0.2, 0.25) is 0 Å². The highest BCUT2D eigenvalue weighted by atomic mass is 79.9. The summed E-state index contributed by atoms with van der Waals surface area (Å²) in [5, 5.41) is 10.3. The fourth-order valence-corrected chi connectivity index (χ4v) is 1.68. The largest absolute Gasteiger partial charge is 0.346 e. The molecule has 0 unspecified atom stereocenters. The standard InChI is InChI=1S/C11H9BrN4O/c12-10-9(4-2-5-13-10)11(17)14-7-8-3-1-6-15-16-8/h1-6H,7H2,(H,14,17). The number of hydrogen-bond acceptors (Lipinski definition) is 4. The van der Waals surface area contributed by atoms with Crippen molar-refractivity contribution in [1.29, 1.82) is 0 Å². The van der Waals surface area contributed by atoms with Crippen molar-refractivity contribution >= 4 is 21.8 Å². The van der Waals surface area contributed by atoms with Crippen molar-refractivity contribution in [2.24, 2.45) is 0 Å². The molecule has 0 saturated heterocycles. The second kappa shape index (κ2) is 5.49. The van der Waals surface area contributed by atoms with Crippen molar-refractivity contribution in [3.05, 3.63) is 52.5 Å². The zero-order chi connectivity index (χ0) is 12.1. The van der Waals surface area contributed by atoms with Gasteiger partial charge in [-0.1, -0.05) is 0 Å². The highest BCUT2D eigenvalue weighted by Gasteiger charge is 2.09. The van der Waals surface area contributed by atoms with E-state index in [0.717, 1.165) is 0 Å². The maximum atomic E-state index is 11.8. The van der Waals surface area contributed by atoms with Gasteiger partial charge in [-0.15, -0.1) is 0 Å². The Morgan fingerprint density at radius 3 is 2.82 bits per heavy atom. The lowest BCUT2D eigenvalue weighted by atomic mass is 10.2. The maximum Gasteiger partial charge on any atom is 0.254 e. The van der Waals surface area contributed by atoms with Gasteiger partial charge in [0.1, 0.15) is 4.60 Å². The first-order valence-electron chi connectivity index (χ1n) is 4.92. The minimum atomic E-state index is -0.198. The molecular formula is C11H9BrN4O. The Hall–Kier alpha value is -1.82. The zero-order valence-electron chi connectivity index (χ0n) is 8.80. The third-order valence-corrected chi connectivity index (χ3v) is 2.69. The van der Waals surface area contributed by atoms with Crippen LogP contribution in [0.3, 0.4) is 0 Å². The molecule has 2 aromatic heterocycles. The molecule has 0 aliphatic carbocycles. The van der Waals surface area contributed by atoms with Crippen LogP contribution in [0.5, 0.6) is 0 Å². The van der Waals surface area contributed by atoms with Gasteiger partial charge in [0.15, 0.2) is 0 Å². The van der Waals surface area contributed by atoms with Crippen LogP contribution in [0.15, 0.2) is 41.3 Å². The first-order valence-corrected chi connectivity index (χ1v) is 5.72. The topological polar surface area (TPSA) is 67.8 Å². The lowest BCUT2D eigenvalue weighted by molar-refractivity contribution is 0.0949. The monoisotopic (exact) mass is 292 g/mol. The number of nitrogens with zero attached hydrogens (tertiary/aromatic N) is 3. The molecule has 2 heterocycles. The van der Waals surface area contributed by atoms with Gasteiger partial charge in [0.05, 0.1) is 17.8 Å². The minimum absolute atomic E-state index is 0.198. The van der Waals surface area contributed by atoms with Crippen LogP contribution >= 0.6 is 15.9 Å². The van der Waals surface area contributed by atoms with Crippen LogP contribution in [0.1, 0.15) is 16.1 Å². The summed E-state index contributed by atoms with van der Waals surface area (Å²) in [5.74, 6) is -0.198. The SMILES string of the molecule is O=C(NCc1cccnn1)c1cccnc1Br. The Morgan fingerprint density at radius 2 is 2.12 bits per heavy atom. The number of aromatic nitrogens is 3. The predicted octanol–water partition coefficient (Wildman–Crippen LogP) is 1.56. The molecule has 1 N–H and O–H groups in total. The number of pyridine rings is 1. The van der Waals surface area contributed by atoms with Crippen LogP contribution in [0.25, 0.3) is 0 Å². The molecule has 0 radical (unpaired) electrons. The van der Waals surface area contributed by atoms with Crippen LogP contribution in [0.4, 0.5) is 0 Å². The van der Waals surface area contributed by atoms with E-state index in [1.54, 1.807) is 36.7 Å². The van der Waals surface area contributed by atoms with Gasteiger partial charge >= 0.3 is 0 Å². The van der Waals surface area contributed by atoms with Gasteiger partial charge < -0.3 is 5.32 Å². The van der Waals surface area contributed by atoms with Gasteiger partial charge in [-0.3, -0.25) is 4.79 Å². The summed E-state index contributed by atoms with van der Waals surface area (Å²) in [7, 11) is 0. The molecule has 0 aromatic carbocycles. The number of carbonyl (C=O) groups excluding carboxylic acids is 1. The average molecular weight is 293 g/mol. The summed E-state index contributed by atoms with van der Waals surface area (Å²) in [4.78, 5) is 15.8. The van der Waals surface area contributed by atoms with Gasteiger partial charge in [-0.25, -0.2) is 4.98 Å². The first-order chi connectivity index (χ1) is 8.27. The van der Waals surface area contributed by atoms with Crippen LogP contribution in [-0.4, -0.2) is 21.1 Å². The molecule has 1 amide bonds. The fraction of sp³-hybridized carbons (Fsp3) is 0.0909. The molecule has 17 heavy (non-hydrogen) atoms. The summed E-state index contributed by atoms with van der Waals surface area (Å²) in [6.07, 6.45) is 3.20. The molecule has 0 spiro atoms. The van der Waals surface area contributed by atoms with E-state index in [9.17, 15) is 4.79 Å². The van der Waals surface area contributed by atoms with Crippen molar-refractivity contribution in [1.82, 2.24) is 20.5 Å². The van der Waals surface area contributed by atoms with E-state index >= 15 is 0 Å². The third kappa shape index (κ3) is 3.07. The molecule has 2 aromatic rings. The van der Waals surface area contributed by atoms with E-state index in [0.29, 0.717) is 22.4 Å². The van der Waals surface area contributed by atoms with Crippen molar-refractivity contribution < 1.29 is 4.79 Å². The van der Waals surface area contributed by atoms with Crippen molar-refractivity contribution in [3.8, 4) is 0 Å². The Morgan fingerprint density at radius 1 is 1.29 bits per heavy atom. The molecule has 0 fully saturated rings. The number of rotatable bonds is 3. The number of hydrogen-bond donors (Lipinski definition) is 1. The summed E-state index contributed by atoms with van der Waals surface area (Å²) in [5.41, 5.74) is 1.21. The van der Waals surface area contributed by atoms with E-state index in [1.807, 2.05) is 0 Å². The molecule has 6 heteroatoms. The maximum absolute atomic E-state index is 11.8. The summed E-state index contributed by atoms with van der Waals surface area (Å²) in [6, 6.07) is 6.98. The molecule has 2 rings (SSSR count). The van der Waals surface area contributed by atoms with Crippen molar-refractivity contribution in [2.45, 2.75) is 6.54 Å². The lowest BCUT2D eigenvalue weighted by Crippen LogP contribution is -2.24. The zero-order valence-corrected chi connectivity index (χ0v) is 10.4. The molecule has 5 nitrogen and oxygen atoms in total. The Kier molecular flexibility index (Phi) is 3.77. The predicted molar refractivity (Wildman–Crippen MR) is 65.1 cm³/mol. The summed E-state index contributed by atoms with van der Waals surface area (Å²) < 4.78 is 0.525. The molecular weight excluding hydrogens is 284 g/mol. The number of nitrogens with one attached hydrogen (secondary N) is 1. The smallest absolute Gasteiger partial charge is 0.254 e. The number of amides is 1. The van der Waals surface area contributed by atoms with E-state index in [4.69, 9.17) is 0 Å². The lowest BCUT2D eigenvalue weighted by Gasteiger charge is -2.05. The number of carbonyl (C=O) groups is 1. The molecule has 0 aliphatic heterocycles. The molecule has 0 aliphatic rings. The van der Waals surface area contributed by atoms with E-state index in [2.05, 4.69) is 36.4 Å². The second-order valence-corrected chi connectivity index (χ2v) is 3.99. The Labute approximate surface area is 106 Å². The Bertz CT molecular complexity index is 518. The quantitative estimate of drug-likeness (QED) is 0.872. The van der Waals surface area contributed by atoms with E-state index in [1.165, 1.54) is 0 Å². The normalized spacial score (nSPS) is 9.94. The van der Waals surface area contributed by atoms with Gasteiger partial charge in [0, 0.05) is 12.4 Å². The van der Waals surface area contributed by atoms with Crippen LogP contribution in [0, 0.1) is 0 Å². The van der Waals surface area contributed by atoms with E-state index in [-0.39, 0.29) is 5.91 Å². The van der Waals surface area contributed by atoms with Gasteiger partial charge in [-0.05, 0) is 40.2 Å². The summed E-state index contributed by atoms with van der Waals surface area (Å²) in [6.45, 7) is 0.341. The number of halogens is 1. The van der Waals surface area contributed by atoms with Crippen LogP contribution < -0.4 is 5.32 Å². The Balaban J connectivity index is 2.01. The second-order valence-electron chi connectivity index (χ2n) is 3.24. The third-order valence-electron chi connectivity index (χ3n) is 2.06. The van der Waals surface area contributed by atoms with Gasteiger partial charge in [0.2, 0.25) is 0 Å². The van der Waals surface area contributed by atoms with Crippen molar-refractivity contribution in [3.63, 3.8) is 0 Å². The highest BCUT2D eigenvalue weighted by Crippen LogP contribution is 2.12. The molecule has 0 saturated carbocycles. The van der Waals surface area contributed by atoms with Crippen LogP contribution in [-0.2, 0) is 6.54 Å². The summed E-state index contributed by atoms with van der Waals surface area (Å²) >= 11 is 3.22. The highest BCUT2D eigenvalue weighted by molar-refractivity contribution is 9.10. The fourth-order valence-electron chi connectivity index (χ4n) is 1.25. The van der Waals surface area contributed by atoms with Gasteiger partial charge in [-0.2, -0.15) is 10.2 Å². The molecule has 0 bridgehead atoms. The minimum Gasteiger partial charge on any atom is -0.346 e. The molecule has 0 atom stereocenters. The first kappa shape index (κ1) is 11.7. The van der Waals surface area contributed by atoms with E-state index < -0.39 is 0 Å².